The van der Waals surface area contributed by atoms with Gasteiger partial charge in [0, 0.05) is 6.04 Å². The van der Waals surface area contributed by atoms with Crippen molar-refractivity contribution in [1.29, 1.82) is 0 Å². The molecular weight excluding hydrogens is 444 g/mol. The Labute approximate surface area is 206 Å². The second-order valence-electron chi connectivity index (χ2n) is 9.07. The van der Waals surface area contributed by atoms with Gasteiger partial charge in [0.05, 0.1) is 24.8 Å². The first kappa shape index (κ1) is 26.1. The number of nitrogens with zero attached hydrogens (tertiary/aromatic N) is 2. The van der Waals surface area contributed by atoms with Crippen LogP contribution >= 0.6 is 0 Å². The lowest BCUT2D eigenvalue weighted by Crippen LogP contribution is -2.44. The number of hydrogen-bond acceptors (Lipinski definition) is 6. The average molecular weight is 479 g/mol. The van der Waals surface area contributed by atoms with E-state index in [2.05, 4.69) is 39.8 Å². The maximum atomic E-state index is 12.8. The number of unbranched alkanes of at least 4 members (excludes halogenated alkanes) is 2. The standard InChI is InChI=1S/C27H34N4O4/c1-3-4-8-15-35-26(34)27(2,19-32)17-23(29-25(33)24-18-28-31-30-24)16-20-11-13-22(14-12-20)21-9-6-5-7-10-21/h5-7,9-14,18,23,32H,3-4,8,15-17,19H2,1-2H3,(H,29,33)(H,28,30,31)/t23-,27+/m1/s1. The number of rotatable bonds is 13. The van der Waals surface area contributed by atoms with E-state index < -0.39 is 17.4 Å². The fourth-order valence-electron chi connectivity index (χ4n) is 3.94. The fourth-order valence-corrected chi connectivity index (χ4v) is 3.94. The van der Waals surface area contributed by atoms with Crippen LogP contribution in [0, 0.1) is 5.41 Å². The summed E-state index contributed by atoms with van der Waals surface area (Å²) in [5.41, 5.74) is 2.28. The lowest BCUT2D eigenvalue weighted by Gasteiger charge is -2.30. The van der Waals surface area contributed by atoms with Crippen molar-refractivity contribution in [1.82, 2.24) is 20.7 Å². The molecule has 186 valence electrons. The number of aromatic nitrogens is 3. The molecule has 1 amide bonds. The summed E-state index contributed by atoms with van der Waals surface area (Å²) in [4.78, 5) is 25.6. The molecule has 0 aliphatic rings. The molecule has 0 aliphatic carbocycles. The summed E-state index contributed by atoms with van der Waals surface area (Å²) in [5.74, 6) is -0.838. The molecule has 2 aromatic carbocycles. The largest absolute Gasteiger partial charge is 0.465 e. The molecule has 35 heavy (non-hydrogen) atoms. The van der Waals surface area contributed by atoms with Gasteiger partial charge in [-0.15, -0.1) is 5.10 Å². The number of amides is 1. The second-order valence-corrected chi connectivity index (χ2v) is 9.07. The van der Waals surface area contributed by atoms with Crippen molar-refractivity contribution >= 4 is 11.9 Å². The van der Waals surface area contributed by atoms with E-state index >= 15 is 0 Å². The number of carbonyl (C=O) groups excluding carboxylic acids is 2. The molecule has 0 spiro atoms. The number of aliphatic hydroxyl groups is 1. The minimum Gasteiger partial charge on any atom is -0.465 e. The van der Waals surface area contributed by atoms with E-state index in [0.717, 1.165) is 36.0 Å². The van der Waals surface area contributed by atoms with Gasteiger partial charge in [-0.3, -0.25) is 14.7 Å². The van der Waals surface area contributed by atoms with Crippen LogP contribution in [0.2, 0.25) is 0 Å². The van der Waals surface area contributed by atoms with Gasteiger partial charge in [0.25, 0.3) is 5.91 Å². The zero-order valence-corrected chi connectivity index (χ0v) is 20.4. The number of esters is 1. The summed E-state index contributed by atoms with van der Waals surface area (Å²) >= 11 is 0. The van der Waals surface area contributed by atoms with Gasteiger partial charge in [0.15, 0.2) is 0 Å². The van der Waals surface area contributed by atoms with E-state index in [1.807, 2.05) is 42.5 Å². The molecule has 8 nitrogen and oxygen atoms in total. The minimum absolute atomic E-state index is 0.212. The molecule has 8 heteroatoms. The highest BCUT2D eigenvalue weighted by molar-refractivity contribution is 5.92. The molecule has 2 atom stereocenters. The maximum Gasteiger partial charge on any atom is 0.314 e. The van der Waals surface area contributed by atoms with Gasteiger partial charge >= 0.3 is 5.97 Å². The lowest BCUT2D eigenvalue weighted by atomic mass is 9.82. The van der Waals surface area contributed by atoms with E-state index in [-0.39, 0.29) is 24.6 Å². The molecule has 3 N–H and O–H groups in total. The molecule has 0 radical (unpaired) electrons. The van der Waals surface area contributed by atoms with E-state index in [9.17, 15) is 14.7 Å². The quantitative estimate of drug-likeness (QED) is 0.253. The molecule has 0 aliphatic heterocycles. The van der Waals surface area contributed by atoms with Crippen LogP contribution in [0.3, 0.4) is 0 Å². The number of ether oxygens (including phenoxy) is 1. The first-order chi connectivity index (χ1) is 16.9. The van der Waals surface area contributed by atoms with Crippen molar-refractivity contribution in [2.75, 3.05) is 13.2 Å². The average Bonchev–Trinajstić information content (AvgIpc) is 3.43. The number of H-pyrrole nitrogens is 1. The Morgan fingerprint density at radius 2 is 1.80 bits per heavy atom. The van der Waals surface area contributed by atoms with Gasteiger partial charge in [0.2, 0.25) is 0 Å². The predicted octanol–water partition coefficient (Wildman–Crippen LogP) is 3.93. The number of benzene rings is 2. The van der Waals surface area contributed by atoms with Crippen LogP contribution in [0.4, 0.5) is 0 Å². The fraction of sp³-hybridized carbons (Fsp3) is 0.407. The summed E-state index contributed by atoms with van der Waals surface area (Å²) in [6, 6.07) is 17.7. The van der Waals surface area contributed by atoms with E-state index in [4.69, 9.17) is 4.74 Å². The lowest BCUT2D eigenvalue weighted by molar-refractivity contribution is -0.158. The Hall–Kier alpha value is -3.52. The Morgan fingerprint density at radius 3 is 2.43 bits per heavy atom. The monoisotopic (exact) mass is 478 g/mol. The highest BCUT2D eigenvalue weighted by Gasteiger charge is 2.37. The SMILES string of the molecule is CCCCCOC(=O)[C@](C)(CO)C[C@@H](Cc1ccc(-c2ccccc2)cc1)NC(=O)c1cnn[nH]1. The van der Waals surface area contributed by atoms with Crippen LogP contribution in [0.25, 0.3) is 11.1 Å². The van der Waals surface area contributed by atoms with Crippen LogP contribution in [-0.4, -0.2) is 51.6 Å². The Balaban J connectivity index is 1.75. The summed E-state index contributed by atoms with van der Waals surface area (Å²) in [6.45, 7) is 3.68. The molecule has 1 heterocycles. The predicted molar refractivity (Wildman–Crippen MR) is 134 cm³/mol. The summed E-state index contributed by atoms with van der Waals surface area (Å²) in [6.07, 6.45) is 4.80. The van der Waals surface area contributed by atoms with Crippen LogP contribution < -0.4 is 5.32 Å². The Morgan fingerprint density at radius 1 is 1.09 bits per heavy atom. The highest BCUT2D eigenvalue weighted by atomic mass is 16.5. The van der Waals surface area contributed by atoms with E-state index in [0.29, 0.717) is 13.0 Å². The maximum absolute atomic E-state index is 12.8. The van der Waals surface area contributed by atoms with Crippen LogP contribution in [0.1, 0.15) is 55.6 Å². The van der Waals surface area contributed by atoms with E-state index in [1.165, 1.54) is 6.20 Å². The van der Waals surface area contributed by atoms with Crippen molar-refractivity contribution in [2.24, 2.45) is 5.41 Å². The van der Waals surface area contributed by atoms with E-state index in [1.54, 1.807) is 6.92 Å². The third-order valence-corrected chi connectivity index (χ3v) is 6.06. The topological polar surface area (TPSA) is 117 Å². The van der Waals surface area contributed by atoms with Crippen LogP contribution in [0.15, 0.2) is 60.8 Å². The number of aromatic amines is 1. The van der Waals surface area contributed by atoms with Gasteiger partial charge < -0.3 is 15.2 Å². The molecular formula is C27H34N4O4. The normalized spacial score (nSPS) is 13.6. The Kier molecular flexibility index (Phi) is 9.55. The molecule has 0 saturated heterocycles. The minimum atomic E-state index is -1.15. The third kappa shape index (κ3) is 7.48. The zero-order valence-electron chi connectivity index (χ0n) is 20.4. The van der Waals surface area contributed by atoms with Crippen molar-refractivity contribution in [3.8, 4) is 11.1 Å². The van der Waals surface area contributed by atoms with Gasteiger partial charge in [-0.05, 0) is 42.9 Å². The van der Waals surface area contributed by atoms with Gasteiger partial charge in [-0.2, -0.15) is 0 Å². The Bertz CT molecular complexity index is 1050. The number of nitrogens with one attached hydrogen (secondary N) is 2. The van der Waals surface area contributed by atoms with Crippen molar-refractivity contribution < 1.29 is 19.4 Å². The molecule has 3 aromatic rings. The first-order valence-electron chi connectivity index (χ1n) is 12.0. The van der Waals surface area contributed by atoms with Crippen LogP contribution in [0.5, 0.6) is 0 Å². The van der Waals surface area contributed by atoms with Gasteiger partial charge in [0.1, 0.15) is 5.69 Å². The molecule has 0 bridgehead atoms. The number of carbonyl (C=O) groups is 2. The number of aliphatic hydroxyl groups excluding tert-OH is 1. The highest BCUT2D eigenvalue weighted by Crippen LogP contribution is 2.27. The molecule has 0 fully saturated rings. The zero-order chi connectivity index (χ0) is 25.1. The van der Waals surface area contributed by atoms with Crippen molar-refractivity contribution in [2.45, 2.75) is 52.0 Å². The third-order valence-electron chi connectivity index (χ3n) is 6.06. The van der Waals surface area contributed by atoms with Gasteiger partial charge in [-0.1, -0.05) is 79.6 Å². The smallest absolute Gasteiger partial charge is 0.314 e. The second kappa shape index (κ2) is 12.8. The van der Waals surface area contributed by atoms with Crippen LogP contribution in [-0.2, 0) is 16.0 Å². The van der Waals surface area contributed by atoms with Crippen molar-refractivity contribution in [3.63, 3.8) is 0 Å². The number of hydrogen-bond donors (Lipinski definition) is 3. The first-order valence-corrected chi connectivity index (χ1v) is 12.0. The molecule has 0 saturated carbocycles. The summed E-state index contributed by atoms with van der Waals surface area (Å²) in [7, 11) is 0. The molecule has 0 unspecified atom stereocenters. The molecule has 3 rings (SSSR count). The summed E-state index contributed by atoms with van der Waals surface area (Å²) in [5, 5.41) is 22.9. The van der Waals surface area contributed by atoms with Crippen molar-refractivity contribution in [3.05, 3.63) is 72.1 Å². The van der Waals surface area contributed by atoms with Gasteiger partial charge in [-0.25, -0.2) is 0 Å². The summed E-state index contributed by atoms with van der Waals surface area (Å²) < 4.78 is 5.46. The molecule has 1 aromatic heterocycles.